The van der Waals surface area contributed by atoms with Gasteiger partial charge in [0.2, 0.25) is 0 Å². The predicted molar refractivity (Wildman–Crippen MR) is 60.1 cm³/mol. The molecule has 2 nitrogen and oxygen atoms in total. The molecule has 0 aromatic heterocycles. The first-order valence-electron chi connectivity index (χ1n) is 3.62. The summed E-state index contributed by atoms with van der Waals surface area (Å²) < 4.78 is 13.5. The Kier molecular flexibility index (Phi) is 5.12. The van der Waals surface area contributed by atoms with Gasteiger partial charge in [-0.3, -0.25) is 0 Å². The average Bonchev–Trinajstić information content (AvgIpc) is 2.10. The van der Waals surface area contributed by atoms with Gasteiger partial charge in [0.1, 0.15) is 0 Å². The van der Waals surface area contributed by atoms with E-state index in [9.17, 15) is 9.50 Å². The molecule has 0 saturated heterocycles. The van der Waals surface area contributed by atoms with E-state index in [4.69, 9.17) is 5.73 Å². The quantitative estimate of drug-likeness (QED) is 0.819. The van der Waals surface area contributed by atoms with E-state index in [1.807, 2.05) is 0 Å². The van der Waals surface area contributed by atoms with E-state index >= 15 is 0 Å². The van der Waals surface area contributed by atoms with E-state index in [2.05, 4.69) is 22.5 Å². The summed E-state index contributed by atoms with van der Waals surface area (Å²) in [5.41, 5.74) is 5.89. The number of phenolic OH excluding ortho intramolecular Hbond substituents is 1. The second kappa shape index (κ2) is 5.34. The third-order valence-corrected chi connectivity index (χ3v) is 2.13. The van der Waals surface area contributed by atoms with Crippen LogP contribution in [-0.4, -0.2) is 5.11 Å². The highest BCUT2D eigenvalue weighted by Crippen LogP contribution is 2.29. The molecule has 0 fully saturated rings. The maximum Gasteiger partial charge on any atom is 0.166 e. The minimum Gasteiger partial charge on any atom is -0.505 e. The topological polar surface area (TPSA) is 46.2 Å². The summed E-state index contributed by atoms with van der Waals surface area (Å²) in [5.74, 6) is -1.11. The largest absolute Gasteiger partial charge is 0.505 e. The van der Waals surface area contributed by atoms with Gasteiger partial charge < -0.3 is 10.8 Å². The molecule has 78 valence electrons. The van der Waals surface area contributed by atoms with Gasteiger partial charge in [-0.1, -0.05) is 22.0 Å². The maximum atomic E-state index is 13.0. The molecular weight excluding hydrogens is 272 g/mol. The third-order valence-electron chi connectivity index (χ3n) is 1.67. The molecule has 0 aliphatic carbocycles. The zero-order valence-electron chi connectivity index (χ0n) is 7.21. The van der Waals surface area contributed by atoms with Crippen molar-refractivity contribution in [1.29, 1.82) is 0 Å². The highest BCUT2D eigenvalue weighted by molar-refractivity contribution is 9.10. The Balaban J connectivity index is 0.00000169. The SMILES string of the molecule is C=C[C@@H](N)c1cc(Br)cc(F)c1O.Cl. The minimum atomic E-state index is -0.693. The summed E-state index contributed by atoms with van der Waals surface area (Å²) in [6.07, 6.45) is 1.43. The number of phenols is 1. The number of aromatic hydroxyl groups is 1. The van der Waals surface area contributed by atoms with E-state index in [1.165, 1.54) is 12.1 Å². The predicted octanol–water partition coefficient (Wildman–Crippen LogP) is 2.90. The van der Waals surface area contributed by atoms with E-state index in [1.54, 1.807) is 6.07 Å². The minimum absolute atomic E-state index is 0. The van der Waals surface area contributed by atoms with Crippen molar-refractivity contribution >= 4 is 28.3 Å². The fourth-order valence-electron chi connectivity index (χ4n) is 0.967. The van der Waals surface area contributed by atoms with Gasteiger partial charge in [0, 0.05) is 10.0 Å². The number of benzene rings is 1. The Morgan fingerprint density at radius 3 is 2.64 bits per heavy atom. The summed E-state index contributed by atoms with van der Waals surface area (Å²) in [6, 6.07) is 2.17. The summed E-state index contributed by atoms with van der Waals surface area (Å²) in [6.45, 7) is 3.46. The van der Waals surface area contributed by atoms with Crippen molar-refractivity contribution in [3.8, 4) is 5.75 Å². The maximum absolute atomic E-state index is 13.0. The molecule has 1 rings (SSSR count). The summed E-state index contributed by atoms with van der Waals surface area (Å²) in [4.78, 5) is 0. The fourth-order valence-corrected chi connectivity index (χ4v) is 1.41. The number of halogens is 3. The van der Waals surface area contributed by atoms with Gasteiger partial charge in [-0.2, -0.15) is 0 Å². The molecule has 0 radical (unpaired) electrons. The van der Waals surface area contributed by atoms with Crippen molar-refractivity contribution in [2.24, 2.45) is 5.73 Å². The third kappa shape index (κ3) is 2.70. The highest BCUT2D eigenvalue weighted by atomic mass is 79.9. The van der Waals surface area contributed by atoms with Crippen LogP contribution in [0.1, 0.15) is 11.6 Å². The van der Waals surface area contributed by atoms with E-state index in [0.29, 0.717) is 10.0 Å². The van der Waals surface area contributed by atoms with Gasteiger partial charge in [0.15, 0.2) is 11.6 Å². The standard InChI is InChI=1S/C9H9BrFNO.ClH/c1-2-8(12)6-3-5(10)4-7(11)9(6)13;/h2-4,8,13H,1,12H2;1H/t8-;/m1./s1. The van der Waals surface area contributed by atoms with E-state index in [0.717, 1.165) is 0 Å². The Labute approximate surface area is 96.2 Å². The highest BCUT2D eigenvalue weighted by Gasteiger charge is 2.12. The van der Waals surface area contributed by atoms with Crippen molar-refractivity contribution in [2.45, 2.75) is 6.04 Å². The fraction of sp³-hybridized carbons (Fsp3) is 0.111. The van der Waals surface area contributed by atoms with Gasteiger partial charge in [-0.05, 0) is 12.1 Å². The van der Waals surface area contributed by atoms with Gasteiger partial charge in [-0.15, -0.1) is 19.0 Å². The number of hydrogen-bond donors (Lipinski definition) is 2. The molecule has 14 heavy (non-hydrogen) atoms. The molecule has 0 aliphatic heterocycles. The van der Waals surface area contributed by atoms with Crippen LogP contribution in [0.2, 0.25) is 0 Å². The second-order valence-corrected chi connectivity index (χ2v) is 3.50. The molecule has 0 unspecified atom stereocenters. The lowest BCUT2D eigenvalue weighted by molar-refractivity contribution is 0.423. The molecule has 5 heteroatoms. The average molecular weight is 283 g/mol. The van der Waals surface area contributed by atoms with Crippen molar-refractivity contribution in [3.63, 3.8) is 0 Å². The molecule has 3 N–H and O–H groups in total. The van der Waals surface area contributed by atoms with Gasteiger partial charge in [0.25, 0.3) is 0 Å². The molecule has 0 aliphatic rings. The van der Waals surface area contributed by atoms with Crippen molar-refractivity contribution < 1.29 is 9.50 Å². The number of hydrogen-bond acceptors (Lipinski definition) is 2. The molecule has 0 amide bonds. The lowest BCUT2D eigenvalue weighted by atomic mass is 10.1. The number of rotatable bonds is 2. The van der Waals surface area contributed by atoms with Crippen LogP contribution in [0.4, 0.5) is 4.39 Å². The monoisotopic (exact) mass is 281 g/mol. The Bertz CT molecular complexity index is 346. The van der Waals surface area contributed by atoms with Crippen LogP contribution in [-0.2, 0) is 0 Å². The first-order valence-corrected chi connectivity index (χ1v) is 4.41. The zero-order valence-corrected chi connectivity index (χ0v) is 9.61. The van der Waals surface area contributed by atoms with Crippen LogP contribution in [0.15, 0.2) is 29.3 Å². The normalized spacial score (nSPS) is 11.6. The summed E-state index contributed by atoms with van der Waals surface area (Å²) in [7, 11) is 0. The number of nitrogens with two attached hydrogens (primary N) is 1. The van der Waals surface area contributed by atoms with Crippen molar-refractivity contribution in [2.75, 3.05) is 0 Å². The van der Waals surface area contributed by atoms with Crippen LogP contribution in [0.5, 0.6) is 5.75 Å². The van der Waals surface area contributed by atoms with Crippen molar-refractivity contribution in [3.05, 3.63) is 40.6 Å². The van der Waals surface area contributed by atoms with Crippen molar-refractivity contribution in [1.82, 2.24) is 0 Å². The zero-order chi connectivity index (χ0) is 10.0. The Morgan fingerprint density at radius 1 is 1.57 bits per heavy atom. The molecule has 0 spiro atoms. The smallest absolute Gasteiger partial charge is 0.166 e. The summed E-state index contributed by atoms with van der Waals surface area (Å²) >= 11 is 3.10. The Hall–Kier alpha value is -0.580. The Morgan fingerprint density at radius 2 is 2.14 bits per heavy atom. The molecular formula is C9H10BrClFNO. The molecule has 1 atom stereocenters. The second-order valence-electron chi connectivity index (χ2n) is 2.59. The van der Waals surface area contributed by atoms with E-state index in [-0.39, 0.29) is 12.4 Å². The molecule has 1 aromatic rings. The van der Waals surface area contributed by atoms with Crippen LogP contribution in [0.25, 0.3) is 0 Å². The molecule has 0 bridgehead atoms. The van der Waals surface area contributed by atoms with Crippen LogP contribution in [0, 0.1) is 5.82 Å². The van der Waals surface area contributed by atoms with Gasteiger partial charge >= 0.3 is 0 Å². The molecule has 1 aromatic carbocycles. The first kappa shape index (κ1) is 13.4. The van der Waals surface area contributed by atoms with Crippen LogP contribution < -0.4 is 5.73 Å². The van der Waals surface area contributed by atoms with Crippen LogP contribution in [0.3, 0.4) is 0 Å². The molecule has 0 saturated carbocycles. The summed E-state index contributed by atoms with van der Waals surface area (Å²) in [5, 5.41) is 9.30. The lowest BCUT2D eigenvalue weighted by Crippen LogP contribution is -2.07. The molecule has 0 heterocycles. The lowest BCUT2D eigenvalue weighted by Gasteiger charge is -2.10. The van der Waals surface area contributed by atoms with Crippen LogP contribution >= 0.6 is 28.3 Å². The van der Waals surface area contributed by atoms with E-state index < -0.39 is 17.6 Å². The first-order chi connectivity index (χ1) is 6.06. The van der Waals surface area contributed by atoms with Gasteiger partial charge in [0.05, 0.1) is 6.04 Å². The van der Waals surface area contributed by atoms with Gasteiger partial charge in [-0.25, -0.2) is 4.39 Å².